The predicted octanol–water partition coefficient (Wildman–Crippen LogP) is 15.7. The van der Waals surface area contributed by atoms with Crippen LogP contribution in [0.4, 0.5) is 53.4 Å². The van der Waals surface area contributed by atoms with E-state index in [1.54, 1.807) is 71.4 Å². The molecule has 30 nitrogen and oxygen atoms in total. The number of nitrogens with one attached hydrogen (secondary N) is 3. The monoisotopic (exact) mass is 2010 g/mol. The summed E-state index contributed by atoms with van der Waals surface area (Å²) < 4.78 is 119. The third kappa shape index (κ3) is 28.2. The van der Waals surface area contributed by atoms with E-state index in [4.69, 9.17) is 47.8 Å². The summed E-state index contributed by atoms with van der Waals surface area (Å²) in [6.45, 7) is 28.1. The number of fused-ring (bicyclic) bond motifs is 9. The van der Waals surface area contributed by atoms with E-state index in [0.29, 0.717) is 99.7 Å². The molecule has 0 bridgehead atoms. The van der Waals surface area contributed by atoms with Gasteiger partial charge >= 0.3 is 67.0 Å². The molecule has 12 heterocycles. The van der Waals surface area contributed by atoms with Gasteiger partial charge in [-0.1, -0.05) is 62.0 Å². The number of ether oxygens (including phenoxy) is 5. The number of anilines is 3. The molecule has 12 aromatic rings. The standard InChI is InChI=1S/C30H30FN5O3.C26H23FN4O.C20H30BNO4.C16H12BrFN4O.C4H6O4.C2H3BO2.C2HF3O.CH4.Na/c1-30(2,3)39-29(37)36-10-8-18-12-19(4-5-20(18)17-36)22-13-32-28(25-16-35-34-15-23(22)25)33-14-24-21-9-11-38-27(21)7-6-26(24)31;27-24-7-8-25-19(9-10-32-25)22(24)13-29-26-23-15-31-30-14-21(23)20(12-28-26)18-6-5-16-3-1-2-4-17(16)11-18;1-18(2,3)24-17(23)22-11-10-14-12-16(9-8-15(14)13-22)21-25-19(4,5)20(6,7)26-21;17-13-8-20-16(12-7-22-21-6-10(12)13)19-5-11-9-3-4-23-15(9)2-1-14(11)18;1-3(5)7-8-4(2)6;1-2(4)5-3;3-2(4,5)1-6;;/h4-7,12-13,15-16H,8-11,14,17H2,1-3H3,(H,32,33);5-8,11-12,14-15H,1-4,9-10,13H2,(H,28,29);8-9,12H,10-11,13H2,1-7H3;1-2,6-8H,3-5H2,(H,19,20);1-2H3;1H3;1H;1H4;/q;;;;;-1;;;+1. The van der Waals surface area contributed by atoms with Gasteiger partial charge in [0.25, 0.3) is 0 Å². The van der Waals surface area contributed by atoms with Gasteiger partial charge in [0.15, 0.2) is 0 Å². The van der Waals surface area contributed by atoms with Crippen molar-refractivity contribution in [2.75, 3.05) is 48.9 Å². The molecule has 0 saturated carbocycles. The molecule has 3 radical (unpaired) electrons. The Bertz CT molecular complexity index is 6540. The van der Waals surface area contributed by atoms with Crippen molar-refractivity contribution in [2.45, 2.75) is 217 Å². The van der Waals surface area contributed by atoms with E-state index in [1.165, 1.54) is 60.2 Å². The van der Waals surface area contributed by atoms with Gasteiger partial charge in [-0.25, -0.2) is 57.1 Å². The van der Waals surface area contributed by atoms with Crippen molar-refractivity contribution in [3.05, 3.63) is 235 Å². The molecule has 0 unspecified atom stereocenters. The summed E-state index contributed by atoms with van der Waals surface area (Å²) in [5.41, 5.74) is 15.7. The number of nitrogens with zero attached hydrogens (tertiary/aromatic N) is 11. The number of hydrogen-bond donors (Lipinski definition) is 3. The Morgan fingerprint density at radius 3 is 1.18 bits per heavy atom. The number of aryl methyl sites for hydroxylation is 2. The molecule has 0 spiro atoms. The Kier molecular flexibility index (Phi) is 36.8. The molecule has 141 heavy (non-hydrogen) atoms. The number of benzene rings is 6. The molecule has 3 N–H and O–H groups in total. The van der Waals surface area contributed by atoms with Crippen LogP contribution in [0.5, 0.6) is 17.2 Å². The maximum Gasteiger partial charge on any atom is 1.00 e. The van der Waals surface area contributed by atoms with Gasteiger partial charge in [-0.3, -0.25) is 9.59 Å². The zero-order valence-electron chi connectivity index (χ0n) is 80.1. The molecular weight excluding hydrogens is 1900 g/mol. The Balaban J connectivity index is 0.000000170. The second-order valence-corrected chi connectivity index (χ2v) is 37.2. The van der Waals surface area contributed by atoms with Crippen LogP contribution in [0.3, 0.4) is 0 Å². The van der Waals surface area contributed by atoms with Gasteiger partial charge in [-0.15, -0.1) is 0 Å². The maximum absolute atomic E-state index is 14.7. The minimum absolute atomic E-state index is 0. The Labute approximate surface area is 844 Å². The molecule has 2 amide bonds. The summed E-state index contributed by atoms with van der Waals surface area (Å²) in [4.78, 5) is 87.6. The Hall–Kier alpha value is -12.7. The second kappa shape index (κ2) is 47.7. The number of pyridine rings is 3. The largest absolute Gasteiger partial charge is 1.00 e. The van der Waals surface area contributed by atoms with Gasteiger partial charge in [0.05, 0.1) is 68.2 Å². The minimum atomic E-state index is -4.64. The van der Waals surface area contributed by atoms with Gasteiger partial charge in [-0.05, 0) is 210 Å². The summed E-state index contributed by atoms with van der Waals surface area (Å²) in [7, 11) is 3.97. The van der Waals surface area contributed by atoms with Gasteiger partial charge < -0.3 is 71.4 Å². The molecular formula is C101H109B2BrF6N14NaO16. The topological polar surface area (TPSA) is 353 Å². The zero-order valence-corrected chi connectivity index (χ0v) is 83.7. The summed E-state index contributed by atoms with van der Waals surface area (Å²) in [5, 5.41) is 39.3. The Morgan fingerprint density at radius 2 is 0.809 bits per heavy atom. The number of amides is 2. The van der Waals surface area contributed by atoms with Gasteiger partial charge in [0, 0.05) is 186 Å². The van der Waals surface area contributed by atoms with E-state index in [9.17, 15) is 50.3 Å². The van der Waals surface area contributed by atoms with Gasteiger partial charge in [0.2, 0.25) is 12.3 Å². The number of rotatable bonds is 12. The van der Waals surface area contributed by atoms with E-state index in [0.717, 1.165) is 162 Å². The first kappa shape index (κ1) is 109. The maximum atomic E-state index is 14.7. The van der Waals surface area contributed by atoms with Crippen LogP contribution in [0.25, 0.3) is 54.6 Å². The van der Waals surface area contributed by atoms with Crippen LogP contribution in [0.15, 0.2) is 151 Å². The van der Waals surface area contributed by atoms with Crippen LogP contribution in [-0.2, 0) is 130 Å². The van der Waals surface area contributed by atoms with E-state index in [2.05, 4.69) is 160 Å². The fourth-order valence-electron chi connectivity index (χ4n) is 16.3. The quantitative estimate of drug-likeness (QED) is 0.0336. The first-order valence-corrected chi connectivity index (χ1v) is 45.8. The van der Waals surface area contributed by atoms with Gasteiger partial charge in [0.1, 0.15) is 63.4 Å². The zero-order chi connectivity index (χ0) is 99.8. The molecule has 6 aromatic carbocycles. The number of aldehydes is 1. The number of alkyl halides is 3. The summed E-state index contributed by atoms with van der Waals surface area (Å²) in [6.07, 6.45) is 17.9. The number of aromatic nitrogens is 9. The molecule has 1 saturated heterocycles. The van der Waals surface area contributed by atoms with E-state index < -0.39 is 41.6 Å². The van der Waals surface area contributed by atoms with Crippen LogP contribution >= 0.6 is 15.9 Å². The van der Waals surface area contributed by atoms with E-state index in [-0.39, 0.29) is 91.5 Å². The third-order valence-corrected chi connectivity index (χ3v) is 24.3. The number of carbonyl (C=O) groups excluding carboxylic acids is 6. The summed E-state index contributed by atoms with van der Waals surface area (Å²) >= 11 is 3.44. The first-order valence-electron chi connectivity index (χ1n) is 45.0. The minimum Gasteiger partial charge on any atom is -0.793 e. The Morgan fingerprint density at radius 1 is 0.468 bits per heavy atom. The number of carbonyl (C=O) groups is 6. The van der Waals surface area contributed by atoms with Crippen LogP contribution in [-0.4, -0.2) is 168 Å². The molecule has 735 valence electrons. The normalized spacial score (nSPS) is 14.6. The molecule has 19 rings (SSSR count). The van der Waals surface area contributed by atoms with Gasteiger partial charge in [-0.2, -0.15) is 43.8 Å². The van der Waals surface area contributed by atoms with Crippen molar-refractivity contribution in [3.63, 3.8) is 0 Å². The average Bonchev–Trinajstić information content (AvgIpc) is 1.41. The fourth-order valence-corrected chi connectivity index (χ4v) is 16.7. The SMILES string of the molecule is C.CC(=O)OOC(C)=O.CC(C)(C)OC(=O)N1CCc2cc(-c3cnc(NCc4c(F)ccc5c4CCO5)c4cnncc34)ccc2C1.CC(C)(C)OC(=O)N1CCc2cc(B3OC(C)(C)C(C)(C)O3)ccc2C1.Fc1ccc2c(c1CNc1ncc(-c3ccc4c(c3)CCCC4)c3cnncc13)CCO2.Fc1ccc2c(c1CNc1ncc(Br)c3cnncc13)CCO2.O=CC(F)(F)F.[B-]OC(C)=O.[Na+]. The number of halogens is 7. The molecule has 0 atom stereocenters. The van der Waals surface area contributed by atoms with Crippen molar-refractivity contribution >= 4 is 123 Å². The molecule has 40 heteroatoms. The third-order valence-electron chi connectivity index (χ3n) is 23.7. The summed E-state index contributed by atoms with van der Waals surface area (Å²) in [5.74, 6) is 1.76. The van der Waals surface area contributed by atoms with Crippen molar-refractivity contribution in [1.82, 2.24) is 55.3 Å². The van der Waals surface area contributed by atoms with Crippen LogP contribution in [0.1, 0.15) is 177 Å². The predicted molar refractivity (Wildman–Crippen MR) is 519 cm³/mol. The molecule has 6 aromatic heterocycles. The van der Waals surface area contributed by atoms with Crippen molar-refractivity contribution in [3.8, 4) is 39.5 Å². The van der Waals surface area contributed by atoms with Crippen LogP contribution < -0.4 is 65.2 Å². The smallest absolute Gasteiger partial charge is 0.793 e. The molecule has 1 aliphatic carbocycles. The van der Waals surface area contributed by atoms with Crippen molar-refractivity contribution < 1.29 is 132 Å². The van der Waals surface area contributed by atoms with Crippen LogP contribution in [0.2, 0.25) is 0 Å². The van der Waals surface area contributed by atoms with E-state index >= 15 is 0 Å². The van der Waals surface area contributed by atoms with Crippen molar-refractivity contribution in [1.29, 1.82) is 0 Å². The van der Waals surface area contributed by atoms with E-state index in [1.807, 2.05) is 66.1 Å². The molecule has 7 aliphatic rings. The second-order valence-electron chi connectivity index (χ2n) is 36.3. The average molecular weight is 2010 g/mol. The van der Waals surface area contributed by atoms with Crippen LogP contribution in [0, 0.1) is 17.5 Å². The molecule has 6 aliphatic heterocycles. The number of hydrogen-bond acceptors (Lipinski definition) is 28. The molecule has 1 fully saturated rings. The first-order chi connectivity index (χ1) is 66.1. The summed E-state index contributed by atoms with van der Waals surface area (Å²) in [6, 6.07) is 28.7. The fraction of sp³-hybridized carbons (Fsp3) is 0.376. The van der Waals surface area contributed by atoms with Crippen molar-refractivity contribution in [2.24, 2.45) is 0 Å².